The number of hydrogen-bond donors (Lipinski definition) is 2. The molecule has 4 saturated heterocycles. The fraction of sp³-hybridized carbons (Fsp3) is 0.700. The standard InChI is InChI=1S/C26H37F3N2O5S.C22H29F3N2O5S.C2HF3O2/c1-24(2,3)36-23(32)25(12-16-30(17-13-25)21-6-7-21)37(33,34)31-14-10-20(11-15-31)19-4-8-22(9-5-19)35-18-26(27,28)29;23-22(24,25)15-32-19-5-1-16(2-6-19)17-7-11-27(12-8-17)33(30,31)21(20(28)29)9-13-26(14-10-21)18-3-4-18;3-2(4,5)1(6)7/h4-5,8-9,20-21H,6-7,10-18H2,1-3H3;1-2,5-6,17-18H,3-4,7-15H2,(H,28,29);(H,6,7). The van der Waals surface area contributed by atoms with Gasteiger partial charge in [0.25, 0.3) is 0 Å². The molecular weight excluding hydrogens is 1080 g/mol. The van der Waals surface area contributed by atoms with Crippen molar-refractivity contribution in [2.45, 2.75) is 155 Å². The van der Waals surface area contributed by atoms with Gasteiger partial charge in [0.15, 0.2) is 22.7 Å². The van der Waals surface area contributed by atoms with Gasteiger partial charge in [0.1, 0.15) is 17.1 Å². The van der Waals surface area contributed by atoms with Crippen molar-refractivity contribution >= 4 is 38.0 Å². The Hall–Kier alpha value is -4.44. The summed E-state index contributed by atoms with van der Waals surface area (Å²) >= 11 is 0. The van der Waals surface area contributed by atoms with Crippen LogP contribution in [-0.2, 0) is 39.2 Å². The summed E-state index contributed by atoms with van der Waals surface area (Å²) in [7, 11) is -8.00. The number of esters is 1. The van der Waals surface area contributed by atoms with Crippen molar-refractivity contribution in [3.8, 4) is 11.5 Å². The average molecular weight is 1150 g/mol. The van der Waals surface area contributed by atoms with Crippen molar-refractivity contribution in [3.63, 3.8) is 0 Å². The molecule has 77 heavy (non-hydrogen) atoms. The molecular formula is C50H67F9N4O12S2. The number of likely N-dealkylation sites (tertiary alicyclic amines) is 2. The highest BCUT2D eigenvalue weighted by Crippen LogP contribution is 2.43. The number of carbonyl (C=O) groups is 3. The quantitative estimate of drug-likeness (QED) is 0.135. The molecule has 4 aliphatic heterocycles. The zero-order chi connectivity index (χ0) is 57.0. The molecule has 0 atom stereocenters. The van der Waals surface area contributed by atoms with Crippen LogP contribution in [0.2, 0.25) is 0 Å². The zero-order valence-electron chi connectivity index (χ0n) is 43.0. The molecule has 0 radical (unpaired) electrons. The van der Waals surface area contributed by atoms with Crippen molar-refractivity contribution in [1.82, 2.24) is 18.4 Å². The second-order valence-corrected chi connectivity index (χ2v) is 25.9. The van der Waals surface area contributed by atoms with Gasteiger partial charge < -0.3 is 34.2 Å². The number of ether oxygens (including phenoxy) is 3. The minimum Gasteiger partial charge on any atom is -0.484 e. The lowest BCUT2D eigenvalue weighted by atomic mass is 9.90. The molecule has 6 aliphatic rings. The van der Waals surface area contributed by atoms with Gasteiger partial charge in [0.05, 0.1) is 0 Å². The largest absolute Gasteiger partial charge is 0.490 e. The molecule has 0 spiro atoms. The predicted molar refractivity (Wildman–Crippen MR) is 261 cm³/mol. The molecule has 2 N–H and O–H groups in total. The smallest absolute Gasteiger partial charge is 0.484 e. The van der Waals surface area contributed by atoms with Crippen LogP contribution in [0, 0.1) is 0 Å². The minimum absolute atomic E-state index is 0.0469. The van der Waals surface area contributed by atoms with E-state index in [1.807, 2.05) is 0 Å². The summed E-state index contributed by atoms with van der Waals surface area (Å²) in [6.07, 6.45) is -6.67. The van der Waals surface area contributed by atoms with Crippen molar-refractivity contribution < 1.29 is 95.2 Å². The van der Waals surface area contributed by atoms with Crippen LogP contribution in [0.4, 0.5) is 39.5 Å². The molecule has 0 aromatic heterocycles. The maximum atomic E-state index is 14.0. The third-order valence-electron chi connectivity index (χ3n) is 14.8. The Morgan fingerprint density at radius 3 is 1.12 bits per heavy atom. The first-order valence-corrected chi connectivity index (χ1v) is 28.4. The van der Waals surface area contributed by atoms with Crippen LogP contribution in [0.25, 0.3) is 0 Å². The molecule has 2 saturated carbocycles. The number of alkyl halides is 9. The average Bonchev–Trinajstić information content (AvgIpc) is 4.33. The summed E-state index contributed by atoms with van der Waals surface area (Å²) in [5.41, 5.74) is 1.03. The Morgan fingerprint density at radius 2 is 0.844 bits per heavy atom. The van der Waals surface area contributed by atoms with Crippen molar-refractivity contribution in [3.05, 3.63) is 59.7 Å². The summed E-state index contributed by atoms with van der Waals surface area (Å²) in [5, 5.41) is 17.1. The first-order valence-electron chi connectivity index (χ1n) is 25.5. The molecule has 8 rings (SSSR count). The van der Waals surface area contributed by atoms with Crippen LogP contribution in [0.3, 0.4) is 0 Å². The van der Waals surface area contributed by atoms with Gasteiger partial charge in [-0.05, 0) is 145 Å². The van der Waals surface area contributed by atoms with E-state index in [0.29, 0.717) is 63.9 Å². The highest BCUT2D eigenvalue weighted by molar-refractivity contribution is 7.91. The molecule has 0 unspecified atom stereocenters. The maximum Gasteiger partial charge on any atom is 0.490 e. The van der Waals surface area contributed by atoms with Gasteiger partial charge in [0, 0.05) is 64.4 Å². The van der Waals surface area contributed by atoms with E-state index >= 15 is 0 Å². The summed E-state index contributed by atoms with van der Waals surface area (Å²) in [6.45, 7) is 5.61. The highest BCUT2D eigenvalue weighted by Gasteiger charge is 2.59. The minimum atomic E-state index is -5.08. The second kappa shape index (κ2) is 24.1. The number of carboxylic acids is 2. The van der Waals surface area contributed by atoms with Gasteiger partial charge in [-0.25, -0.2) is 30.2 Å². The molecule has 16 nitrogen and oxygen atoms in total. The van der Waals surface area contributed by atoms with E-state index in [-0.39, 0.29) is 75.2 Å². The van der Waals surface area contributed by atoms with E-state index in [1.54, 1.807) is 45.0 Å². The van der Waals surface area contributed by atoms with Crippen LogP contribution < -0.4 is 9.47 Å². The Labute approximate surface area is 442 Å². The molecule has 27 heteroatoms. The fourth-order valence-corrected chi connectivity index (χ4v) is 14.5. The maximum absolute atomic E-state index is 14.0. The topological polar surface area (TPSA) is 201 Å². The van der Waals surface area contributed by atoms with Crippen molar-refractivity contribution in [1.29, 1.82) is 0 Å². The van der Waals surface area contributed by atoms with Crippen LogP contribution >= 0.6 is 0 Å². The lowest BCUT2D eigenvalue weighted by Crippen LogP contribution is -2.61. The Balaban J connectivity index is 0.000000223. The van der Waals surface area contributed by atoms with Gasteiger partial charge >= 0.3 is 36.4 Å². The number of carbonyl (C=O) groups excluding carboxylic acids is 1. The number of sulfonamides is 2. The summed E-state index contributed by atoms with van der Waals surface area (Å²) in [5.74, 6) is -4.31. The highest BCUT2D eigenvalue weighted by atomic mass is 32.2. The number of nitrogens with zero attached hydrogens (tertiary/aromatic N) is 4. The SMILES string of the molecule is CC(C)(C)OC(=O)C1(S(=O)(=O)N2CCC(c3ccc(OCC(F)(F)F)cc3)CC2)CCN(C2CC2)CC1.O=C(O)C(F)(F)F.O=C(O)C1(S(=O)(=O)N2CCC(c3ccc(OCC(F)(F)F)cc3)CC2)CCN(C2CC2)CC1. The zero-order valence-corrected chi connectivity index (χ0v) is 44.6. The Kier molecular flexibility index (Phi) is 19.3. The van der Waals surface area contributed by atoms with Gasteiger partial charge in [-0.2, -0.15) is 39.5 Å². The number of carboxylic acid groups (broad SMARTS) is 2. The van der Waals surface area contributed by atoms with Crippen molar-refractivity contribution in [2.24, 2.45) is 0 Å². The number of halogens is 9. The van der Waals surface area contributed by atoms with E-state index in [4.69, 9.17) is 24.1 Å². The number of benzene rings is 2. The van der Waals surface area contributed by atoms with Gasteiger partial charge in [0.2, 0.25) is 20.0 Å². The molecule has 434 valence electrons. The summed E-state index contributed by atoms with van der Waals surface area (Å²) in [6, 6.07) is 13.8. The molecule has 2 aliphatic carbocycles. The predicted octanol–water partition coefficient (Wildman–Crippen LogP) is 8.33. The second-order valence-electron chi connectivity index (χ2n) is 21.4. The lowest BCUT2D eigenvalue weighted by molar-refractivity contribution is -0.192. The first-order chi connectivity index (χ1) is 35.7. The molecule has 6 fully saturated rings. The molecule has 0 bridgehead atoms. The Bertz CT molecular complexity index is 2540. The summed E-state index contributed by atoms with van der Waals surface area (Å²) < 4.78 is 175. The van der Waals surface area contributed by atoms with E-state index in [2.05, 4.69) is 9.80 Å². The van der Waals surface area contributed by atoms with Crippen LogP contribution in [0.5, 0.6) is 11.5 Å². The first kappa shape index (κ1) is 61.8. The van der Waals surface area contributed by atoms with Gasteiger partial charge in [-0.15, -0.1) is 0 Å². The number of hydrogen-bond acceptors (Lipinski definition) is 12. The van der Waals surface area contributed by atoms with E-state index in [1.165, 1.54) is 32.9 Å². The normalized spacial score (nSPS) is 21.9. The van der Waals surface area contributed by atoms with Crippen molar-refractivity contribution in [2.75, 3.05) is 65.6 Å². The summed E-state index contributed by atoms with van der Waals surface area (Å²) in [4.78, 5) is 39.0. The van der Waals surface area contributed by atoms with Crippen LogP contribution in [0.1, 0.15) is 121 Å². The molecule has 4 heterocycles. The van der Waals surface area contributed by atoms with Crippen LogP contribution in [-0.4, -0.2) is 175 Å². The van der Waals surface area contributed by atoms with E-state index < -0.39 is 84.8 Å². The van der Waals surface area contributed by atoms with Gasteiger partial charge in [-0.3, -0.25) is 9.59 Å². The third-order valence-corrected chi connectivity index (χ3v) is 20.0. The number of aliphatic carboxylic acids is 2. The van der Waals surface area contributed by atoms with E-state index in [9.17, 15) is 71.0 Å². The van der Waals surface area contributed by atoms with E-state index in [0.717, 1.165) is 36.8 Å². The number of rotatable bonds is 14. The molecule has 0 amide bonds. The fourth-order valence-electron chi connectivity index (χ4n) is 10.3. The molecule has 2 aromatic rings. The molecule has 2 aromatic carbocycles. The van der Waals surface area contributed by atoms with Crippen LogP contribution in [0.15, 0.2) is 48.5 Å². The monoisotopic (exact) mass is 1150 g/mol. The van der Waals surface area contributed by atoms with Gasteiger partial charge in [-0.1, -0.05) is 24.3 Å². The lowest BCUT2D eigenvalue weighted by Gasteiger charge is -2.44. The number of piperidine rings is 4. The Morgan fingerprint density at radius 1 is 0.532 bits per heavy atom. The third kappa shape index (κ3) is 16.1.